The van der Waals surface area contributed by atoms with E-state index in [1.54, 1.807) is 7.11 Å². The van der Waals surface area contributed by atoms with Gasteiger partial charge < -0.3 is 14.2 Å². The molecule has 7 heteroatoms. The van der Waals surface area contributed by atoms with E-state index in [-0.39, 0.29) is 12.6 Å². The van der Waals surface area contributed by atoms with Crippen LogP contribution in [-0.2, 0) is 32.0 Å². The standard InChI is InChI=1S/C26H37BrN2O4/c1-3-4-15-33-24(30)19-32-18-21-12-10-20(11-13-21)17-29-23(14-16-31-2)25(27)26(28-29)22-8-6-5-7-9-22/h5-9,20-21H,3-4,10-19H2,1-2H3/t20-,21+. The normalized spacial score (nSPS) is 18.4. The Morgan fingerprint density at radius 3 is 2.55 bits per heavy atom. The fourth-order valence-electron chi connectivity index (χ4n) is 4.35. The summed E-state index contributed by atoms with van der Waals surface area (Å²) in [7, 11) is 1.74. The zero-order valence-corrected chi connectivity index (χ0v) is 21.5. The van der Waals surface area contributed by atoms with Gasteiger partial charge in [-0.3, -0.25) is 4.68 Å². The molecule has 0 aliphatic heterocycles. The molecule has 0 unspecified atom stereocenters. The summed E-state index contributed by atoms with van der Waals surface area (Å²) >= 11 is 3.81. The first kappa shape index (κ1) is 25.9. The minimum atomic E-state index is -0.251. The lowest BCUT2D eigenvalue weighted by Crippen LogP contribution is -2.24. The molecule has 1 fully saturated rings. The second-order valence-electron chi connectivity index (χ2n) is 8.88. The molecule has 6 nitrogen and oxygen atoms in total. The van der Waals surface area contributed by atoms with Gasteiger partial charge in [-0.05, 0) is 59.9 Å². The van der Waals surface area contributed by atoms with Crippen LogP contribution in [0.1, 0.15) is 51.1 Å². The quantitative estimate of drug-likeness (QED) is 0.251. The molecule has 1 aliphatic carbocycles. The summed E-state index contributed by atoms with van der Waals surface area (Å²) in [6, 6.07) is 10.3. The van der Waals surface area contributed by atoms with E-state index in [1.807, 2.05) is 18.2 Å². The van der Waals surface area contributed by atoms with Gasteiger partial charge in [-0.15, -0.1) is 0 Å². The van der Waals surface area contributed by atoms with Crippen LogP contribution >= 0.6 is 15.9 Å². The lowest BCUT2D eigenvalue weighted by atomic mass is 9.82. The van der Waals surface area contributed by atoms with Crippen molar-refractivity contribution >= 4 is 21.9 Å². The molecule has 1 aliphatic rings. The third kappa shape index (κ3) is 7.94. The molecule has 0 saturated heterocycles. The summed E-state index contributed by atoms with van der Waals surface area (Å²) in [5, 5.41) is 4.98. The molecule has 1 saturated carbocycles. The minimum absolute atomic E-state index is 0.0656. The summed E-state index contributed by atoms with van der Waals surface area (Å²) in [5.74, 6) is 0.859. The van der Waals surface area contributed by atoms with Crippen molar-refractivity contribution < 1.29 is 19.0 Å². The van der Waals surface area contributed by atoms with Crippen molar-refractivity contribution in [2.75, 3.05) is 33.5 Å². The van der Waals surface area contributed by atoms with Crippen molar-refractivity contribution in [3.63, 3.8) is 0 Å². The third-order valence-electron chi connectivity index (χ3n) is 6.32. The highest BCUT2D eigenvalue weighted by Gasteiger charge is 2.25. The number of halogens is 1. The molecule has 1 aromatic heterocycles. The maximum Gasteiger partial charge on any atom is 0.332 e. The molecular formula is C26H37BrN2O4. The molecule has 3 rings (SSSR count). The van der Waals surface area contributed by atoms with Crippen LogP contribution in [0, 0.1) is 11.8 Å². The van der Waals surface area contributed by atoms with Gasteiger partial charge in [0.25, 0.3) is 0 Å². The molecule has 33 heavy (non-hydrogen) atoms. The molecule has 0 bridgehead atoms. The average Bonchev–Trinajstić information content (AvgIpc) is 3.14. The number of nitrogens with zero attached hydrogens (tertiary/aromatic N) is 2. The second-order valence-corrected chi connectivity index (χ2v) is 9.67. The Labute approximate surface area is 206 Å². The van der Waals surface area contributed by atoms with E-state index in [0.717, 1.165) is 67.2 Å². The molecule has 0 amide bonds. The predicted molar refractivity (Wildman–Crippen MR) is 133 cm³/mol. The maximum atomic E-state index is 11.7. The van der Waals surface area contributed by atoms with Crippen LogP contribution in [0.4, 0.5) is 0 Å². The monoisotopic (exact) mass is 520 g/mol. The Kier molecular flexibility index (Phi) is 10.9. The van der Waals surface area contributed by atoms with E-state index >= 15 is 0 Å². The first-order chi connectivity index (χ1) is 16.1. The first-order valence-corrected chi connectivity index (χ1v) is 12.9. The Morgan fingerprint density at radius 2 is 1.85 bits per heavy atom. The molecule has 0 N–H and O–H groups in total. The number of methoxy groups -OCH3 is 1. The van der Waals surface area contributed by atoms with E-state index in [0.29, 0.717) is 31.7 Å². The van der Waals surface area contributed by atoms with Gasteiger partial charge in [0.1, 0.15) is 12.3 Å². The highest BCUT2D eigenvalue weighted by atomic mass is 79.9. The lowest BCUT2D eigenvalue weighted by molar-refractivity contribution is -0.149. The topological polar surface area (TPSA) is 62.6 Å². The molecule has 0 radical (unpaired) electrons. The zero-order chi connectivity index (χ0) is 23.5. The number of carbonyl (C=O) groups is 1. The summed E-state index contributed by atoms with van der Waals surface area (Å²) in [6.07, 6.45) is 7.30. The van der Waals surface area contributed by atoms with E-state index in [9.17, 15) is 4.79 Å². The fraction of sp³-hybridized carbons (Fsp3) is 0.615. The molecule has 0 atom stereocenters. The second kappa shape index (κ2) is 13.9. The number of benzene rings is 1. The van der Waals surface area contributed by atoms with E-state index in [2.05, 4.69) is 39.7 Å². The zero-order valence-electron chi connectivity index (χ0n) is 19.9. The van der Waals surface area contributed by atoms with Crippen LogP contribution in [-0.4, -0.2) is 49.3 Å². The van der Waals surface area contributed by atoms with Gasteiger partial charge in [0.05, 0.1) is 30.0 Å². The predicted octanol–water partition coefficient (Wildman–Crippen LogP) is 5.67. The van der Waals surface area contributed by atoms with Crippen molar-refractivity contribution in [3.05, 3.63) is 40.5 Å². The fourth-order valence-corrected chi connectivity index (χ4v) is 5.06. The van der Waals surface area contributed by atoms with Crippen molar-refractivity contribution in [1.29, 1.82) is 0 Å². The van der Waals surface area contributed by atoms with Gasteiger partial charge in [0.15, 0.2) is 0 Å². The van der Waals surface area contributed by atoms with Crippen LogP contribution in [0.15, 0.2) is 34.8 Å². The number of unbranched alkanes of at least 4 members (excludes halogenated alkanes) is 1. The maximum absolute atomic E-state index is 11.7. The number of esters is 1. The van der Waals surface area contributed by atoms with Gasteiger partial charge in [0.2, 0.25) is 0 Å². The Bertz CT molecular complexity index is 847. The van der Waals surface area contributed by atoms with Gasteiger partial charge >= 0.3 is 5.97 Å². The Balaban J connectivity index is 1.51. The molecule has 1 heterocycles. The van der Waals surface area contributed by atoms with Crippen LogP contribution < -0.4 is 0 Å². The highest BCUT2D eigenvalue weighted by Crippen LogP contribution is 2.34. The van der Waals surface area contributed by atoms with E-state index in [1.165, 1.54) is 5.69 Å². The number of hydrogen-bond donors (Lipinski definition) is 0. The average molecular weight is 521 g/mol. The molecule has 2 aromatic rings. The number of carbonyl (C=O) groups excluding carboxylic acids is 1. The van der Waals surface area contributed by atoms with Gasteiger partial charge in [-0.2, -0.15) is 5.10 Å². The number of ether oxygens (including phenoxy) is 3. The van der Waals surface area contributed by atoms with E-state index in [4.69, 9.17) is 19.3 Å². The molecule has 0 spiro atoms. The summed E-state index contributed by atoms with van der Waals surface area (Å²) in [6.45, 7) is 4.86. The first-order valence-electron chi connectivity index (χ1n) is 12.1. The SMILES string of the molecule is CCCCOC(=O)COC[C@H]1CC[C@@H](Cn2nc(-c3ccccc3)c(Br)c2CCOC)CC1. The summed E-state index contributed by atoms with van der Waals surface area (Å²) < 4.78 is 19.4. The lowest BCUT2D eigenvalue weighted by Gasteiger charge is -2.28. The smallest absolute Gasteiger partial charge is 0.332 e. The van der Waals surface area contributed by atoms with Crippen LogP contribution in [0.2, 0.25) is 0 Å². The Morgan fingerprint density at radius 1 is 1.12 bits per heavy atom. The third-order valence-corrected chi connectivity index (χ3v) is 7.15. The Hall–Kier alpha value is -1.70. The number of rotatable bonds is 13. The summed E-state index contributed by atoms with van der Waals surface area (Å²) in [4.78, 5) is 11.7. The molecule has 182 valence electrons. The van der Waals surface area contributed by atoms with E-state index < -0.39 is 0 Å². The number of aromatic nitrogens is 2. The van der Waals surface area contributed by atoms with Crippen LogP contribution in [0.3, 0.4) is 0 Å². The van der Waals surface area contributed by atoms with Crippen LogP contribution in [0.5, 0.6) is 0 Å². The highest BCUT2D eigenvalue weighted by molar-refractivity contribution is 9.10. The molecule has 1 aromatic carbocycles. The van der Waals surface area contributed by atoms with Gasteiger partial charge in [-0.25, -0.2) is 4.79 Å². The van der Waals surface area contributed by atoms with Crippen molar-refractivity contribution in [1.82, 2.24) is 9.78 Å². The van der Waals surface area contributed by atoms with Crippen molar-refractivity contribution in [3.8, 4) is 11.3 Å². The van der Waals surface area contributed by atoms with Gasteiger partial charge in [0, 0.05) is 25.6 Å². The number of hydrogen-bond acceptors (Lipinski definition) is 5. The minimum Gasteiger partial charge on any atom is -0.464 e. The van der Waals surface area contributed by atoms with Crippen molar-refractivity contribution in [2.24, 2.45) is 11.8 Å². The van der Waals surface area contributed by atoms with Crippen LogP contribution in [0.25, 0.3) is 11.3 Å². The summed E-state index contributed by atoms with van der Waals surface area (Å²) in [5.41, 5.74) is 3.31. The van der Waals surface area contributed by atoms with Crippen molar-refractivity contribution in [2.45, 2.75) is 58.4 Å². The largest absolute Gasteiger partial charge is 0.464 e. The molecular weight excluding hydrogens is 484 g/mol. The van der Waals surface area contributed by atoms with Gasteiger partial charge in [-0.1, -0.05) is 43.7 Å².